The molecular formula is C16H14FNO3. The number of methoxy groups -OCH3 is 1. The van der Waals surface area contributed by atoms with E-state index < -0.39 is 5.82 Å². The van der Waals surface area contributed by atoms with E-state index >= 15 is 0 Å². The third kappa shape index (κ3) is 3.30. The van der Waals surface area contributed by atoms with Gasteiger partial charge in [0.05, 0.1) is 19.3 Å². The van der Waals surface area contributed by atoms with Gasteiger partial charge in [-0.25, -0.2) is 4.39 Å². The fourth-order valence-electron chi connectivity index (χ4n) is 1.91. The first-order valence-electron chi connectivity index (χ1n) is 6.27. The van der Waals surface area contributed by atoms with E-state index in [0.717, 1.165) is 5.56 Å². The molecule has 0 aromatic heterocycles. The smallest absolute Gasteiger partial charge is 0.165 e. The first kappa shape index (κ1) is 14.8. The predicted molar refractivity (Wildman–Crippen MR) is 74.4 cm³/mol. The van der Waals surface area contributed by atoms with Gasteiger partial charge in [0.15, 0.2) is 11.6 Å². The second kappa shape index (κ2) is 6.73. The second-order valence-corrected chi connectivity index (χ2v) is 4.32. The molecule has 0 aliphatic heterocycles. The van der Waals surface area contributed by atoms with Gasteiger partial charge in [-0.2, -0.15) is 5.26 Å². The van der Waals surface area contributed by atoms with Crippen LogP contribution in [0.5, 0.6) is 11.5 Å². The lowest BCUT2D eigenvalue weighted by Gasteiger charge is -2.12. The number of nitriles is 1. The highest BCUT2D eigenvalue weighted by Crippen LogP contribution is 2.25. The minimum Gasteiger partial charge on any atom is -0.495 e. The molecule has 108 valence electrons. The van der Waals surface area contributed by atoms with Gasteiger partial charge in [0.2, 0.25) is 0 Å². The number of benzene rings is 2. The van der Waals surface area contributed by atoms with Gasteiger partial charge in [0, 0.05) is 5.56 Å². The van der Waals surface area contributed by atoms with Crippen LogP contribution in [0.3, 0.4) is 0 Å². The van der Waals surface area contributed by atoms with E-state index in [2.05, 4.69) is 0 Å². The summed E-state index contributed by atoms with van der Waals surface area (Å²) >= 11 is 0. The highest BCUT2D eigenvalue weighted by molar-refractivity contribution is 5.45. The van der Waals surface area contributed by atoms with Crippen molar-refractivity contribution in [2.24, 2.45) is 0 Å². The van der Waals surface area contributed by atoms with Crippen LogP contribution in [0.1, 0.15) is 16.7 Å². The van der Waals surface area contributed by atoms with Crippen LogP contribution in [-0.4, -0.2) is 12.2 Å². The quantitative estimate of drug-likeness (QED) is 0.918. The molecule has 4 nitrogen and oxygen atoms in total. The summed E-state index contributed by atoms with van der Waals surface area (Å²) in [5.74, 6) is -0.0556. The van der Waals surface area contributed by atoms with Crippen molar-refractivity contribution in [2.45, 2.75) is 13.2 Å². The lowest BCUT2D eigenvalue weighted by Crippen LogP contribution is -2.02. The van der Waals surface area contributed by atoms with Crippen molar-refractivity contribution in [1.29, 1.82) is 5.26 Å². The van der Waals surface area contributed by atoms with Crippen LogP contribution in [0.25, 0.3) is 0 Å². The van der Waals surface area contributed by atoms with Gasteiger partial charge in [-0.05, 0) is 23.8 Å². The number of rotatable bonds is 5. The summed E-state index contributed by atoms with van der Waals surface area (Å²) in [6.45, 7) is -0.195. The Hall–Kier alpha value is -2.58. The average molecular weight is 287 g/mol. The molecule has 5 heteroatoms. The van der Waals surface area contributed by atoms with Crippen molar-refractivity contribution in [3.8, 4) is 17.6 Å². The molecule has 2 rings (SSSR count). The molecule has 0 saturated heterocycles. The van der Waals surface area contributed by atoms with Crippen LogP contribution in [0.4, 0.5) is 4.39 Å². The minimum absolute atomic E-state index is 0.0309. The zero-order valence-electron chi connectivity index (χ0n) is 11.5. The standard InChI is InChI=1S/C16H14FNO3/c1-20-15-7-11(5-6-12(15)8-18)10-21-16-13(9-19)3-2-4-14(16)17/h2-7,19H,9-10H2,1H3. The minimum atomic E-state index is -0.526. The molecule has 0 aliphatic rings. The Balaban J connectivity index is 2.19. The number of nitrogens with zero attached hydrogens (tertiary/aromatic N) is 1. The largest absolute Gasteiger partial charge is 0.495 e. The van der Waals surface area contributed by atoms with Gasteiger partial charge < -0.3 is 14.6 Å². The molecule has 0 heterocycles. The summed E-state index contributed by atoms with van der Waals surface area (Å²) in [5, 5.41) is 18.1. The Labute approximate surface area is 122 Å². The number of ether oxygens (including phenoxy) is 2. The molecule has 0 atom stereocenters. The van der Waals surface area contributed by atoms with E-state index in [-0.39, 0.29) is 19.0 Å². The summed E-state index contributed by atoms with van der Waals surface area (Å²) in [6.07, 6.45) is 0. The van der Waals surface area contributed by atoms with Crippen molar-refractivity contribution in [2.75, 3.05) is 7.11 Å². The summed E-state index contributed by atoms with van der Waals surface area (Å²) in [7, 11) is 1.47. The van der Waals surface area contributed by atoms with E-state index in [9.17, 15) is 9.50 Å². The first-order valence-corrected chi connectivity index (χ1v) is 6.27. The summed E-state index contributed by atoms with van der Waals surface area (Å²) < 4.78 is 24.2. The van der Waals surface area contributed by atoms with Crippen LogP contribution in [0.2, 0.25) is 0 Å². The van der Waals surface area contributed by atoms with E-state index in [1.807, 2.05) is 6.07 Å². The van der Waals surface area contributed by atoms with Crippen molar-refractivity contribution in [1.82, 2.24) is 0 Å². The van der Waals surface area contributed by atoms with Crippen LogP contribution in [-0.2, 0) is 13.2 Å². The third-order valence-electron chi connectivity index (χ3n) is 2.99. The van der Waals surface area contributed by atoms with Crippen molar-refractivity contribution in [3.05, 3.63) is 58.9 Å². The van der Waals surface area contributed by atoms with Gasteiger partial charge in [-0.3, -0.25) is 0 Å². The number of aliphatic hydroxyl groups excluding tert-OH is 1. The maximum Gasteiger partial charge on any atom is 0.165 e. The molecular weight excluding hydrogens is 273 g/mol. The molecule has 2 aromatic rings. The predicted octanol–water partition coefficient (Wildman–Crippen LogP) is 2.78. The highest BCUT2D eigenvalue weighted by atomic mass is 19.1. The van der Waals surface area contributed by atoms with Gasteiger partial charge in [0.25, 0.3) is 0 Å². The Morgan fingerprint density at radius 2 is 2.10 bits per heavy atom. The number of halogens is 1. The maximum absolute atomic E-state index is 13.7. The number of para-hydroxylation sites is 1. The van der Waals surface area contributed by atoms with Crippen LogP contribution >= 0.6 is 0 Å². The molecule has 0 spiro atoms. The van der Waals surface area contributed by atoms with Crippen molar-refractivity contribution >= 4 is 0 Å². The molecule has 2 aromatic carbocycles. The second-order valence-electron chi connectivity index (χ2n) is 4.32. The third-order valence-corrected chi connectivity index (χ3v) is 2.99. The summed E-state index contributed by atoms with van der Waals surface area (Å²) in [4.78, 5) is 0. The molecule has 0 saturated carbocycles. The Bertz CT molecular complexity index is 680. The van der Waals surface area contributed by atoms with E-state index in [1.54, 1.807) is 24.3 Å². The molecule has 0 amide bonds. The molecule has 0 radical (unpaired) electrons. The molecule has 1 N–H and O–H groups in total. The normalized spacial score (nSPS) is 10.0. The molecule has 21 heavy (non-hydrogen) atoms. The number of hydrogen-bond acceptors (Lipinski definition) is 4. The SMILES string of the molecule is COc1cc(COc2c(F)cccc2CO)ccc1C#N. The van der Waals surface area contributed by atoms with E-state index in [1.165, 1.54) is 19.2 Å². The number of hydrogen-bond donors (Lipinski definition) is 1. The Morgan fingerprint density at radius 3 is 2.76 bits per heavy atom. The Kier molecular flexibility index (Phi) is 4.75. The van der Waals surface area contributed by atoms with Gasteiger partial charge in [0.1, 0.15) is 18.4 Å². The van der Waals surface area contributed by atoms with Crippen molar-refractivity contribution < 1.29 is 19.0 Å². The van der Waals surface area contributed by atoms with Gasteiger partial charge in [-0.15, -0.1) is 0 Å². The van der Waals surface area contributed by atoms with Crippen LogP contribution in [0.15, 0.2) is 36.4 Å². The fraction of sp³-hybridized carbons (Fsp3) is 0.188. The van der Waals surface area contributed by atoms with Gasteiger partial charge in [-0.1, -0.05) is 18.2 Å². The number of aliphatic hydroxyl groups is 1. The lowest BCUT2D eigenvalue weighted by atomic mass is 10.1. The maximum atomic E-state index is 13.7. The molecule has 0 aliphatic carbocycles. The molecule has 0 fully saturated rings. The van der Waals surface area contributed by atoms with Crippen LogP contribution < -0.4 is 9.47 Å². The van der Waals surface area contributed by atoms with Crippen LogP contribution in [0, 0.1) is 17.1 Å². The van der Waals surface area contributed by atoms with Crippen molar-refractivity contribution in [3.63, 3.8) is 0 Å². The van der Waals surface area contributed by atoms with Gasteiger partial charge >= 0.3 is 0 Å². The summed E-state index contributed by atoms with van der Waals surface area (Å²) in [5.41, 5.74) is 1.54. The molecule has 0 bridgehead atoms. The highest BCUT2D eigenvalue weighted by Gasteiger charge is 2.10. The monoisotopic (exact) mass is 287 g/mol. The zero-order valence-corrected chi connectivity index (χ0v) is 11.5. The first-order chi connectivity index (χ1) is 10.2. The topological polar surface area (TPSA) is 62.5 Å². The lowest BCUT2D eigenvalue weighted by molar-refractivity contribution is 0.251. The zero-order chi connectivity index (χ0) is 15.2. The van der Waals surface area contributed by atoms with E-state index in [4.69, 9.17) is 14.7 Å². The fourth-order valence-corrected chi connectivity index (χ4v) is 1.91. The average Bonchev–Trinajstić information content (AvgIpc) is 2.53. The Morgan fingerprint density at radius 1 is 1.29 bits per heavy atom. The van der Waals surface area contributed by atoms with E-state index in [0.29, 0.717) is 16.9 Å². The molecule has 0 unspecified atom stereocenters. The summed E-state index contributed by atoms with van der Waals surface area (Å²) in [6, 6.07) is 11.4.